The third-order valence-electron chi connectivity index (χ3n) is 3.83. The lowest BCUT2D eigenvalue weighted by Crippen LogP contribution is -2.40. The van der Waals surface area contributed by atoms with Crippen molar-refractivity contribution in [3.8, 4) is 5.75 Å². The first-order valence-corrected chi connectivity index (χ1v) is 8.35. The van der Waals surface area contributed by atoms with Crippen LogP contribution in [0.25, 0.3) is 0 Å². The second-order valence-electron chi connectivity index (χ2n) is 5.50. The summed E-state index contributed by atoms with van der Waals surface area (Å²) >= 11 is 1.47. The molecule has 1 saturated heterocycles. The zero-order chi connectivity index (χ0) is 16.3. The highest BCUT2D eigenvalue weighted by molar-refractivity contribution is 7.10. The van der Waals surface area contributed by atoms with Crippen molar-refractivity contribution in [3.63, 3.8) is 0 Å². The Morgan fingerprint density at radius 3 is 2.65 bits per heavy atom. The number of carbonyl (C=O) groups excluding carboxylic acids is 2. The number of rotatable bonds is 6. The molecule has 0 aliphatic carbocycles. The van der Waals surface area contributed by atoms with Crippen LogP contribution in [0.2, 0.25) is 0 Å². The maximum Gasteiger partial charge on any atom is 0.325 e. The zero-order valence-electron chi connectivity index (χ0n) is 12.8. The van der Waals surface area contributed by atoms with Gasteiger partial charge in [-0.05, 0) is 36.9 Å². The number of carbonyl (C=O) groups is 2. The van der Waals surface area contributed by atoms with Crippen molar-refractivity contribution in [2.24, 2.45) is 0 Å². The van der Waals surface area contributed by atoms with Crippen LogP contribution in [-0.2, 0) is 10.3 Å². The third kappa shape index (κ3) is 3.07. The fourth-order valence-electron chi connectivity index (χ4n) is 2.56. The number of nitrogens with zero attached hydrogens (tertiary/aromatic N) is 1. The van der Waals surface area contributed by atoms with Crippen LogP contribution in [0.15, 0.2) is 47.8 Å². The minimum absolute atomic E-state index is 0.204. The van der Waals surface area contributed by atoms with Gasteiger partial charge in [0.1, 0.15) is 5.75 Å². The molecule has 6 heteroatoms. The summed E-state index contributed by atoms with van der Waals surface area (Å²) in [5.41, 5.74) is -0.953. The molecular weight excluding hydrogens is 312 g/mol. The molecule has 0 bridgehead atoms. The zero-order valence-corrected chi connectivity index (χ0v) is 13.6. The largest absolute Gasteiger partial charge is 0.494 e. The lowest BCUT2D eigenvalue weighted by atomic mass is 10.0. The van der Waals surface area contributed by atoms with E-state index in [1.807, 2.05) is 47.8 Å². The average molecular weight is 330 g/mol. The van der Waals surface area contributed by atoms with E-state index in [1.165, 1.54) is 16.2 Å². The van der Waals surface area contributed by atoms with Crippen molar-refractivity contribution in [3.05, 3.63) is 52.7 Å². The van der Waals surface area contributed by atoms with E-state index in [2.05, 4.69) is 5.32 Å². The average Bonchev–Trinajstić information content (AvgIpc) is 3.16. The van der Waals surface area contributed by atoms with Crippen LogP contribution >= 0.6 is 11.3 Å². The fraction of sp³-hybridized carbons (Fsp3) is 0.294. The van der Waals surface area contributed by atoms with Gasteiger partial charge in [-0.3, -0.25) is 9.69 Å². The van der Waals surface area contributed by atoms with Gasteiger partial charge in [-0.1, -0.05) is 24.3 Å². The molecule has 3 amide bonds. The molecule has 23 heavy (non-hydrogen) atoms. The summed E-state index contributed by atoms with van der Waals surface area (Å²) in [6.45, 7) is 2.55. The van der Waals surface area contributed by atoms with Crippen LogP contribution in [0.5, 0.6) is 5.75 Å². The summed E-state index contributed by atoms with van der Waals surface area (Å²) in [6, 6.07) is 12.9. The van der Waals surface area contributed by atoms with Gasteiger partial charge in [-0.25, -0.2) is 4.79 Å². The minimum atomic E-state index is -0.953. The van der Waals surface area contributed by atoms with Gasteiger partial charge in [0.15, 0.2) is 5.54 Å². The molecular formula is C17H18N2O3S. The highest BCUT2D eigenvalue weighted by atomic mass is 32.1. The Morgan fingerprint density at radius 1 is 1.17 bits per heavy atom. The number of urea groups is 1. The lowest BCUT2D eigenvalue weighted by molar-refractivity contribution is -0.131. The van der Waals surface area contributed by atoms with Crippen molar-refractivity contribution in [2.75, 3.05) is 13.2 Å². The summed E-state index contributed by atoms with van der Waals surface area (Å²) in [5, 5.41) is 4.70. The van der Waals surface area contributed by atoms with E-state index in [0.717, 1.165) is 10.6 Å². The van der Waals surface area contributed by atoms with Crippen LogP contribution < -0.4 is 10.1 Å². The van der Waals surface area contributed by atoms with Crippen molar-refractivity contribution < 1.29 is 14.3 Å². The van der Waals surface area contributed by atoms with E-state index in [9.17, 15) is 9.59 Å². The highest BCUT2D eigenvalue weighted by Gasteiger charge is 2.49. The first kappa shape index (κ1) is 15.6. The standard InChI is InChI=1S/C17H18N2O3S/c1-17(14-9-5-12-23-14)15(20)19(16(21)18-17)10-6-11-22-13-7-3-2-4-8-13/h2-5,7-9,12H,6,10-11H2,1H3,(H,18,21). The molecule has 3 rings (SSSR count). The number of amides is 3. The molecule has 2 heterocycles. The van der Waals surface area contributed by atoms with Crippen LogP contribution in [0.4, 0.5) is 4.79 Å². The van der Waals surface area contributed by atoms with Crippen LogP contribution in [0.1, 0.15) is 18.2 Å². The minimum Gasteiger partial charge on any atom is -0.494 e. The monoisotopic (exact) mass is 330 g/mol. The van der Waals surface area contributed by atoms with Gasteiger partial charge >= 0.3 is 6.03 Å². The molecule has 1 atom stereocenters. The van der Waals surface area contributed by atoms with E-state index in [4.69, 9.17) is 4.74 Å². The molecule has 1 aromatic carbocycles. The molecule has 1 aliphatic heterocycles. The Kier molecular flexibility index (Phi) is 4.34. The van der Waals surface area contributed by atoms with Gasteiger partial charge in [0.2, 0.25) is 0 Å². The summed E-state index contributed by atoms with van der Waals surface area (Å²) in [4.78, 5) is 26.8. The summed E-state index contributed by atoms with van der Waals surface area (Å²) < 4.78 is 5.59. The molecule has 120 valence electrons. The van der Waals surface area contributed by atoms with Crippen molar-refractivity contribution >= 4 is 23.3 Å². The molecule has 0 radical (unpaired) electrons. The normalized spacial score (nSPS) is 20.7. The topological polar surface area (TPSA) is 58.6 Å². The van der Waals surface area contributed by atoms with Crippen LogP contribution in [0.3, 0.4) is 0 Å². The van der Waals surface area contributed by atoms with Crippen molar-refractivity contribution in [1.29, 1.82) is 0 Å². The van der Waals surface area contributed by atoms with Crippen molar-refractivity contribution in [1.82, 2.24) is 10.2 Å². The van der Waals surface area contributed by atoms with Crippen LogP contribution in [0, 0.1) is 0 Å². The number of imide groups is 1. The lowest BCUT2D eigenvalue weighted by Gasteiger charge is -2.20. The molecule has 5 nitrogen and oxygen atoms in total. The quantitative estimate of drug-likeness (QED) is 0.654. The molecule has 2 aromatic rings. The molecule has 0 spiro atoms. The first-order chi connectivity index (χ1) is 11.1. The van der Waals surface area contributed by atoms with E-state index in [1.54, 1.807) is 6.92 Å². The summed E-state index contributed by atoms with van der Waals surface area (Å²) in [7, 11) is 0. The van der Waals surface area contributed by atoms with Gasteiger partial charge in [-0.2, -0.15) is 0 Å². The number of hydrogen-bond acceptors (Lipinski definition) is 4. The van der Waals surface area contributed by atoms with Crippen LogP contribution in [-0.4, -0.2) is 30.0 Å². The Bertz CT molecular complexity index is 687. The van der Waals surface area contributed by atoms with E-state index < -0.39 is 5.54 Å². The molecule has 1 unspecified atom stereocenters. The molecule has 1 aromatic heterocycles. The predicted octanol–water partition coefficient (Wildman–Crippen LogP) is 2.98. The molecule has 1 N–H and O–H groups in total. The van der Waals surface area contributed by atoms with E-state index in [0.29, 0.717) is 19.6 Å². The van der Waals surface area contributed by atoms with Gasteiger partial charge in [0.25, 0.3) is 5.91 Å². The maximum absolute atomic E-state index is 12.6. The van der Waals surface area contributed by atoms with Crippen molar-refractivity contribution in [2.45, 2.75) is 18.9 Å². The summed E-state index contributed by atoms with van der Waals surface area (Å²) in [5.74, 6) is 0.581. The Hall–Kier alpha value is -2.34. The Morgan fingerprint density at radius 2 is 1.96 bits per heavy atom. The predicted molar refractivity (Wildman–Crippen MR) is 88.5 cm³/mol. The third-order valence-corrected chi connectivity index (χ3v) is 4.92. The number of nitrogens with one attached hydrogen (secondary N) is 1. The molecule has 1 aliphatic rings. The fourth-order valence-corrected chi connectivity index (χ4v) is 3.39. The second kappa shape index (κ2) is 6.42. The van der Waals surface area contributed by atoms with Gasteiger partial charge in [-0.15, -0.1) is 11.3 Å². The molecule has 1 fully saturated rings. The second-order valence-corrected chi connectivity index (χ2v) is 6.45. The number of hydrogen-bond donors (Lipinski definition) is 1. The molecule has 0 saturated carbocycles. The SMILES string of the molecule is CC1(c2cccs2)NC(=O)N(CCCOc2ccccc2)C1=O. The Balaban J connectivity index is 1.56. The van der Waals surface area contributed by atoms with Gasteiger partial charge < -0.3 is 10.1 Å². The Labute approximate surface area is 138 Å². The number of para-hydroxylation sites is 1. The maximum atomic E-state index is 12.6. The first-order valence-electron chi connectivity index (χ1n) is 7.47. The smallest absolute Gasteiger partial charge is 0.325 e. The van der Waals surface area contributed by atoms with Gasteiger partial charge in [0.05, 0.1) is 6.61 Å². The van der Waals surface area contributed by atoms with E-state index >= 15 is 0 Å². The number of thiophene rings is 1. The number of ether oxygens (including phenoxy) is 1. The van der Waals surface area contributed by atoms with Gasteiger partial charge in [0, 0.05) is 11.4 Å². The number of benzene rings is 1. The highest BCUT2D eigenvalue weighted by Crippen LogP contribution is 2.31. The summed E-state index contributed by atoms with van der Waals surface area (Å²) in [6.07, 6.45) is 0.592. The van der Waals surface area contributed by atoms with E-state index in [-0.39, 0.29) is 11.9 Å².